The van der Waals surface area contributed by atoms with E-state index in [0.717, 1.165) is 12.8 Å². The fourth-order valence-corrected chi connectivity index (χ4v) is 2.07. The van der Waals surface area contributed by atoms with E-state index in [1.807, 2.05) is 6.92 Å². The largest absolute Gasteiger partial charge is 0.352 e. The lowest BCUT2D eigenvalue weighted by Crippen LogP contribution is -2.24. The van der Waals surface area contributed by atoms with Gasteiger partial charge in [-0.3, -0.25) is 4.79 Å². The van der Waals surface area contributed by atoms with Crippen molar-refractivity contribution >= 4 is 25.6 Å². The van der Waals surface area contributed by atoms with E-state index >= 15 is 0 Å². The molecule has 0 fully saturated rings. The Balaban J connectivity index is 2.82. The second-order valence-corrected chi connectivity index (χ2v) is 6.14. The van der Waals surface area contributed by atoms with Crippen LogP contribution in [0.2, 0.25) is 0 Å². The van der Waals surface area contributed by atoms with Crippen LogP contribution in [0.4, 0.5) is 0 Å². The van der Waals surface area contributed by atoms with E-state index in [4.69, 9.17) is 10.7 Å². The molecule has 0 atom stereocenters. The van der Waals surface area contributed by atoms with Crippen LogP contribution < -0.4 is 5.32 Å². The fraction of sp³-hybridized carbons (Fsp3) is 0.364. The van der Waals surface area contributed by atoms with Crippen LogP contribution >= 0.6 is 10.7 Å². The van der Waals surface area contributed by atoms with Gasteiger partial charge in [-0.25, -0.2) is 8.42 Å². The summed E-state index contributed by atoms with van der Waals surface area (Å²) in [5.74, 6) is -0.291. The third-order valence-electron chi connectivity index (χ3n) is 2.19. The molecule has 17 heavy (non-hydrogen) atoms. The van der Waals surface area contributed by atoms with Gasteiger partial charge in [0.25, 0.3) is 15.0 Å². The zero-order chi connectivity index (χ0) is 12.9. The molecule has 6 heteroatoms. The van der Waals surface area contributed by atoms with Crippen molar-refractivity contribution in [1.82, 2.24) is 5.32 Å². The number of carbonyl (C=O) groups excluding carboxylic acids is 1. The van der Waals surface area contributed by atoms with Crippen LogP contribution in [0.1, 0.15) is 30.1 Å². The molecular weight excluding hydrogens is 262 g/mol. The lowest BCUT2D eigenvalue weighted by Gasteiger charge is -2.05. The van der Waals surface area contributed by atoms with Crippen LogP contribution in [0.15, 0.2) is 29.2 Å². The van der Waals surface area contributed by atoms with Crippen LogP contribution in [-0.2, 0) is 9.05 Å². The number of unbranched alkanes of at least 4 members (excludes halogenated alkanes) is 1. The van der Waals surface area contributed by atoms with Crippen molar-refractivity contribution in [1.29, 1.82) is 0 Å². The third-order valence-corrected chi connectivity index (χ3v) is 3.55. The summed E-state index contributed by atoms with van der Waals surface area (Å²) >= 11 is 0. The minimum atomic E-state index is -3.79. The van der Waals surface area contributed by atoms with Gasteiger partial charge >= 0.3 is 0 Å². The Bertz CT molecular complexity index is 499. The Hall–Kier alpha value is -1.07. The molecule has 1 aromatic carbocycles. The minimum absolute atomic E-state index is 0.0673. The van der Waals surface area contributed by atoms with Gasteiger partial charge in [0.2, 0.25) is 0 Å². The van der Waals surface area contributed by atoms with Crippen LogP contribution in [0, 0.1) is 0 Å². The van der Waals surface area contributed by atoms with Gasteiger partial charge in [-0.2, -0.15) is 0 Å². The molecule has 0 bridgehead atoms. The zero-order valence-electron chi connectivity index (χ0n) is 9.44. The molecular formula is C11H14ClNO3S. The third kappa shape index (κ3) is 4.36. The van der Waals surface area contributed by atoms with Gasteiger partial charge < -0.3 is 5.32 Å². The second kappa shape index (κ2) is 6.02. The molecule has 1 N–H and O–H groups in total. The van der Waals surface area contributed by atoms with Gasteiger partial charge in [-0.05, 0) is 24.6 Å². The van der Waals surface area contributed by atoms with E-state index in [9.17, 15) is 13.2 Å². The Morgan fingerprint density at radius 1 is 1.41 bits per heavy atom. The van der Waals surface area contributed by atoms with Crippen molar-refractivity contribution in [3.8, 4) is 0 Å². The molecule has 0 aliphatic carbocycles. The zero-order valence-corrected chi connectivity index (χ0v) is 11.0. The average molecular weight is 276 g/mol. The first-order valence-electron chi connectivity index (χ1n) is 5.28. The van der Waals surface area contributed by atoms with Gasteiger partial charge in [0.05, 0.1) is 4.90 Å². The molecule has 4 nitrogen and oxygen atoms in total. The molecule has 0 unspecified atom stereocenters. The quantitative estimate of drug-likeness (QED) is 0.661. The van der Waals surface area contributed by atoms with Gasteiger partial charge in [0.15, 0.2) is 0 Å². The molecule has 94 valence electrons. The summed E-state index contributed by atoms with van der Waals surface area (Å²) in [5.41, 5.74) is 0.294. The molecule has 1 rings (SSSR count). The van der Waals surface area contributed by atoms with E-state index in [2.05, 4.69) is 5.32 Å². The molecule has 0 spiro atoms. The van der Waals surface area contributed by atoms with E-state index in [1.165, 1.54) is 18.2 Å². The highest BCUT2D eigenvalue weighted by Gasteiger charge is 2.12. The number of nitrogens with one attached hydrogen (secondary N) is 1. The van der Waals surface area contributed by atoms with Crippen molar-refractivity contribution in [3.05, 3.63) is 29.8 Å². The Kier molecular flexibility index (Phi) is 4.96. The average Bonchev–Trinajstić information content (AvgIpc) is 2.28. The predicted octanol–water partition coefficient (Wildman–Crippen LogP) is 2.14. The van der Waals surface area contributed by atoms with Crippen LogP contribution in [0.3, 0.4) is 0 Å². The summed E-state index contributed by atoms with van der Waals surface area (Å²) in [5, 5.41) is 2.70. The second-order valence-electron chi connectivity index (χ2n) is 3.58. The number of carbonyl (C=O) groups is 1. The number of benzene rings is 1. The Morgan fingerprint density at radius 2 is 2.12 bits per heavy atom. The van der Waals surface area contributed by atoms with Crippen LogP contribution in [0.5, 0.6) is 0 Å². The standard InChI is InChI=1S/C11H14ClNO3S/c1-2-3-7-13-11(14)9-5-4-6-10(8-9)17(12,15)16/h4-6,8H,2-3,7H2,1H3,(H,13,14). The molecule has 0 saturated heterocycles. The maximum absolute atomic E-state index is 11.6. The summed E-state index contributed by atoms with van der Waals surface area (Å²) < 4.78 is 22.2. The monoisotopic (exact) mass is 275 g/mol. The van der Waals surface area contributed by atoms with Gasteiger partial charge in [-0.15, -0.1) is 0 Å². The minimum Gasteiger partial charge on any atom is -0.352 e. The van der Waals surface area contributed by atoms with Gasteiger partial charge in [-0.1, -0.05) is 19.4 Å². The van der Waals surface area contributed by atoms with E-state index < -0.39 is 9.05 Å². The number of amides is 1. The predicted molar refractivity (Wildman–Crippen MR) is 66.7 cm³/mol. The van der Waals surface area contributed by atoms with Crippen molar-refractivity contribution in [2.24, 2.45) is 0 Å². The molecule has 1 amide bonds. The highest BCUT2D eigenvalue weighted by molar-refractivity contribution is 8.13. The Morgan fingerprint density at radius 3 is 2.71 bits per heavy atom. The lowest BCUT2D eigenvalue weighted by molar-refractivity contribution is 0.0953. The SMILES string of the molecule is CCCCNC(=O)c1cccc(S(=O)(=O)Cl)c1. The maximum Gasteiger partial charge on any atom is 0.261 e. The highest BCUT2D eigenvalue weighted by Crippen LogP contribution is 2.16. The van der Waals surface area contributed by atoms with Gasteiger partial charge in [0.1, 0.15) is 0 Å². The van der Waals surface area contributed by atoms with E-state index in [-0.39, 0.29) is 10.8 Å². The fourth-order valence-electron chi connectivity index (χ4n) is 1.27. The number of hydrogen-bond donors (Lipinski definition) is 1. The molecule has 0 heterocycles. The summed E-state index contributed by atoms with van der Waals surface area (Å²) in [6.45, 7) is 2.60. The first kappa shape index (κ1) is 14.0. The summed E-state index contributed by atoms with van der Waals surface area (Å²) in [4.78, 5) is 11.6. The molecule has 0 saturated carbocycles. The molecule has 0 aromatic heterocycles. The molecule has 0 radical (unpaired) electrons. The summed E-state index contributed by atoms with van der Waals surface area (Å²) in [7, 11) is 1.41. The topological polar surface area (TPSA) is 63.2 Å². The van der Waals surface area contributed by atoms with Crippen molar-refractivity contribution < 1.29 is 13.2 Å². The molecule has 1 aromatic rings. The van der Waals surface area contributed by atoms with Crippen LogP contribution in [0.25, 0.3) is 0 Å². The van der Waals surface area contributed by atoms with Gasteiger partial charge in [0, 0.05) is 22.8 Å². The highest BCUT2D eigenvalue weighted by atomic mass is 35.7. The van der Waals surface area contributed by atoms with Crippen LogP contribution in [-0.4, -0.2) is 20.9 Å². The lowest BCUT2D eigenvalue weighted by atomic mass is 10.2. The number of rotatable bonds is 5. The molecule has 0 aliphatic rings. The summed E-state index contributed by atoms with van der Waals surface area (Å²) in [6.07, 6.45) is 1.87. The number of halogens is 1. The van der Waals surface area contributed by atoms with E-state index in [0.29, 0.717) is 12.1 Å². The number of hydrogen-bond acceptors (Lipinski definition) is 3. The van der Waals surface area contributed by atoms with Crippen molar-refractivity contribution in [2.75, 3.05) is 6.54 Å². The normalized spacial score (nSPS) is 11.2. The smallest absolute Gasteiger partial charge is 0.261 e. The Labute approximate surface area is 105 Å². The summed E-state index contributed by atoms with van der Waals surface area (Å²) in [6, 6.07) is 5.66. The van der Waals surface area contributed by atoms with Crippen molar-refractivity contribution in [2.45, 2.75) is 24.7 Å². The first-order valence-corrected chi connectivity index (χ1v) is 7.59. The first-order chi connectivity index (χ1) is 7.95. The molecule has 0 aliphatic heterocycles. The van der Waals surface area contributed by atoms with E-state index in [1.54, 1.807) is 6.07 Å². The van der Waals surface area contributed by atoms with Crippen molar-refractivity contribution in [3.63, 3.8) is 0 Å². The maximum atomic E-state index is 11.6.